The molecule has 1 fully saturated rings. The molecule has 3 aromatic rings. The molecule has 0 nitrogen and oxygen atoms in total. The summed E-state index contributed by atoms with van der Waals surface area (Å²) in [5.74, 6) is -3.07. The summed E-state index contributed by atoms with van der Waals surface area (Å²) in [5, 5.41) is 3.93. The number of rotatable bonds is 4. The van der Waals surface area contributed by atoms with Crippen LogP contribution in [0.15, 0.2) is 91.0 Å². The maximum atomic E-state index is 8.18. The molecule has 1 aliphatic rings. The van der Waals surface area contributed by atoms with Gasteiger partial charge in [0.15, 0.2) is 0 Å². The summed E-state index contributed by atoms with van der Waals surface area (Å²) >= 11 is 8.18. The fraction of sp³-hybridized carbons (Fsp3) is 0.250. The van der Waals surface area contributed by atoms with Gasteiger partial charge >= 0.3 is 162 Å². The molecule has 3 aromatic carbocycles. The Morgan fingerprint density at radius 1 is 0.538 bits per heavy atom. The molecule has 0 spiro atoms. The first kappa shape index (κ1) is 17.8. The van der Waals surface area contributed by atoms with E-state index in [4.69, 9.17) is 11.2 Å². The standard InChI is InChI=1S/C24H26ClP/c25-26(21-13-5-1-6-14-21,22-15-7-2-8-16-22,23-17-9-3-10-18-23)24-19-11-4-12-20-24/h1-3,5-10,13-18,24H,4,11-12,19-20H2. The Morgan fingerprint density at radius 2 is 0.885 bits per heavy atom. The second-order valence-electron chi connectivity index (χ2n) is 7.37. The van der Waals surface area contributed by atoms with Gasteiger partial charge in [0.2, 0.25) is 0 Å². The van der Waals surface area contributed by atoms with Crippen LogP contribution in [0.3, 0.4) is 0 Å². The van der Waals surface area contributed by atoms with Crippen molar-refractivity contribution in [1.29, 1.82) is 0 Å². The predicted octanol–water partition coefficient (Wildman–Crippen LogP) is 6.00. The van der Waals surface area contributed by atoms with Gasteiger partial charge in [0.1, 0.15) is 0 Å². The fourth-order valence-corrected chi connectivity index (χ4v) is 12.2. The summed E-state index contributed by atoms with van der Waals surface area (Å²) < 4.78 is 0. The fourth-order valence-electron chi connectivity index (χ4n) is 4.80. The zero-order valence-electron chi connectivity index (χ0n) is 15.1. The summed E-state index contributed by atoms with van der Waals surface area (Å²) in [6.45, 7) is 0. The zero-order chi connectivity index (χ0) is 17.9. The van der Waals surface area contributed by atoms with Crippen molar-refractivity contribution in [3.05, 3.63) is 91.0 Å². The van der Waals surface area contributed by atoms with Crippen LogP contribution >= 0.6 is 17.2 Å². The van der Waals surface area contributed by atoms with Gasteiger partial charge in [0.25, 0.3) is 0 Å². The Kier molecular flexibility index (Phi) is 4.91. The van der Waals surface area contributed by atoms with E-state index in [2.05, 4.69) is 91.0 Å². The van der Waals surface area contributed by atoms with Crippen molar-refractivity contribution in [3.63, 3.8) is 0 Å². The molecule has 1 aliphatic carbocycles. The van der Waals surface area contributed by atoms with Crippen LogP contribution in [0.2, 0.25) is 0 Å². The molecule has 0 amide bonds. The Labute approximate surface area is 161 Å². The molecule has 4 rings (SSSR count). The average molecular weight is 381 g/mol. The quantitative estimate of drug-likeness (QED) is 0.487. The third-order valence-corrected chi connectivity index (χ3v) is 14.4. The SMILES string of the molecule is ClP(c1ccccc1)(c1ccccc1)(c1ccccc1)C1CCCCC1. The van der Waals surface area contributed by atoms with Crippen molar-refractivity contribution in [2.75, 3.05) is 0 Å². The van der Waals surface area contributed by atoms with Gasteiger partial charge in [0.05, 0.1) is 0 Å². The topological polar surface area (TPSA) is 0 Å². The second-order valence-corrected chi connectivity index (χ2v) is 13.9. The van der Waals surface area contributed by atoms with Crippen LogP contribution in [0, 0.1) is 0 Å². The van der Waals surface area contributed by atoms with Gasteiger partial charge in [-0.15, -0.1) is 0 Å². The van der Waals surface area contributed by atoms with E-state index in [0.717, 1.165) is 0 Å². The molecule has 134 valence electrons. The van der Waals surface area contributed by atoms with E-state index >= 15 is 0 Å². The second kappa shape index (κ2) is 7.18. The van der Waals surface area contributed by atoms with E-state index < -0.39 is 5.96 Å². The molecule has 0 bridgehead atoms. The number of hydrogen-bond donors (Lipinski definition) is 0. The van der Waals surface area contributed by atoms with E-state index in [1.54, 1.807) is 0 Å². The summed E-state index contributed by atoms with van der Waals surface area (Å²) in [5.41, 5.74) is 0.489. The summed E-state index contributed by atoms with van der Waals surface area (Å²) in [6.07, 6.45) is 6.31. The van der Waals surface area contributed by atoms with E-state index in [1.807, 2.05) is 0 Å². The van der Waals surface area contributed by atoms with Gasteiger partial charge in [0, 0.05) is 0 Å². The minimum atomic E-state index is -3.07. The van der Waals surface area contributed by atoms with E-state index in [9.17, 15) is 0 Å². The van der Waals surface area contributed by atoms with E-state index in [1.165, 1.54) is 48.0 Å². The van der Waals surface area contributed by atoms with Crippen LogP contribution in [0.1, 0.15) is 32.1 Å². The first-order valence-electron chi connectivity index (χ1n) is 9.65. The summed E-state index contributed by atoms with van der Waals surface area (Å²) in [4.78, 5) is 0. The van der Waals surface area contributed by atoms with Crippen molar-refractivity contribution in [2.24, 2.45) is 0 Å². The number of benzene rings is 3. The van der Waals surface area contributed by atoms with Crippen molar-refractivity contribution in [1.82, 2.24) is 0 Å². The molecule has 0 atom stereocenters. The third-order valence-electron chi connectivity index (χ3n) is 6.04. The van der Waals surface area contributed by atoms with Crippen LogP contribution < -0.4 is 15.9 Å². The van der Waals surface area contributed by atoms with Crippen molar-refractivity contribution in [3.8, 4) is 0 Å². The molecule has 0 saturated heterocycles. The van der Waals surface area contributed by atoms with Gasteiger partial charge in [-0.05, 0) is 0 Å². The first-order chi connectivity index (χ1) is 12.7. The van der Waals surface area contributed by atoms with Crippen molar-refractivity contribution < 1.29 is 0 Å². The van der Waals surface area contributed by atoms with Crippen molar-refractivity contribution >= 4 is 33.1 Å². The van der Waals surface area contributed by atoms with Crippen LogP contribution in [-0.2, 0) is 0 Å². The maximum absolute atomic E-state index is 8.18. The molecule has 0 aromatic heterocycles. The Balaban J connectivity index is 2.10. The van der Waals surface area contributed by atoms with Crippen LogP contribution in [0.4, 0.5) is 0 Å². The Bertz CT molecular complexity index is 740. The Hall–Kier alpha value is -1.62. The molecule has 0 N–H and O–H groups in total. The number of halogens is 1. The molecule has 1 saturated carbocycles. The zero-order valence-corrected chi connectivity index (χ0v) is 16.7. The molecule has 26 heavy (non-hydrogen) atoms. The molecular formula is C24H26ClP. The van der Waals surface area contributed by atoms with Gasteiger partial charge in [-0.2, -0.15) is 0 Å². The molecule has 0 heterocycles. The van der Waals surface area contributed by atoms with Crippen LogP contribution in [0.5, 0.6) is 0 Å². The first-order valence-corrected chi connectivity index (χ1v) is 12.9. The monoisotopic (exact) mass is 380 g/mol. The average Bonchev–Trinajstić information content (AvgIpc) is 2.76. The summed E-state index contributed by atoms with van der Waals surface area (Å²) in [7, 11) is 0. The molecule has 0 radical (unpaired) electrons. The Morgan fingerprint density at radius 3 is 1.23 bits per heavy atom. The molecular weight excluding hydrogens is 355 g/mol. The van der Waals surface area contributed by atoms with Crippen LogP contribution in [-0.4, -0.2) is 5.66 Å². The molecule has 0 unspecified atom stereocenters. The normalized spacial score (nSPS) is 17.3. The predicted molar refractivity (Wildman–Crippen MR) is 118 cm³/mol. The molecule has 0 aliphatic heterocycles. The van der Waals surface area contributed by atoms with Crippen molar-refractivity contribution in [2.45, 2.75) is 37.8 Å². The summed E-state index contributed by atoms with van der Waals surface area (Å²) in [6, 6.07) is 32.7. The third kappa shape index (κ3) is 2.63. The van der Waals surface area contributed by atoms with E-state index in [-0.39, 0.29) is 0 Å². The molecule has 2 heteroatoms. The van der Waals surface area contributed by atoms with Gasteiger partial charge in [-0.3, -0.25) is 0 Å². The van der Waals surface area contributed by atoms with Gasteiger partial charge < -0.3 is 0 Å². The minimum absolute atomic E-state index is 0.489. The van der Waals surface area contributed by atoms with Crippen LogP contribution in [0.25, 0.3) is 0 Å². The number of hydrogen-bond acceptors (Lipinski definition) is 0. The van der Waals surface area contributed by atoms with Gasteiger partial charge in [-0.25, -0.2) is 0 Å². The van der Waals surface area contributed by atoms with Gasteiger partial charge in [-0.1, -0.05) is 0 Å². The van der Waals surface area contributed by atoms with E-state index in [0.29, 0.717) is 5.66 Å².